The lowest BCUT2D eigenvalue weighted by Gasteiger charge is -2.20. The van der Waals surface area contributed by atoms with Crippen LogP contribution in [0.3, 0.4) is 0 Å². The van der Waals surface area contributed by atoms with Crippen molar-refractivity contribution in [1.82, 2.24) is 10.6 Å². The van der Waals surface area contributed by atoms with E-state index in [-0.39, 0.29) is 24.5 Å². The van der Waals surface area contributed by atoms with Crippen molar-refractivity contribution in [3.05, 3.63) is 63.1 Å². The van der Waals surface area contributed by atoms with Crippen molar-refractivity contribution in [2.75, 3.05) is 13.7 Å². The molecule has 0 radical (unpaired) electrons. The van der Waals surface area contributed by atoms with Crippen LogP contribution in [0.4, 0.5) is 0 Å². The van der Waals surface area contributed by atoms with Crippen LogP contribution in [-0.4, -0.2) is 19.6 Å². The summed E-state index contributed by atoms with van der Waals surface area (Å²) in [6.07, 6.45) is 0. The van der Waals surface area contributed by atoms with Gasteiger partial charge in [-0.3, -0.25) is 4.79 Å². The second-order valence-corrected chi connectivity index (χ2v) is 7.15. The molecule has 0 aliphatic heterocycles. The van der Waals surface area contributed by atoms with Crippen LogP contribution in [0.2, 0.25) is 10.0 Å². The Morgan fingerprint density at radius 2 is 1.81 bits per heavy atom. The van der Waals surface area contributed by atoms with E-state index in [1.54, 1.807) is 19.2 Å². The molecule has 0 aliphatic rings. The first kappa shape index (κ1) is 20.6. The van der Waals surface area contributed by atoms with Crippen molar-refractivity contribution >= 4 is 29.1 Å². The molecule has 0 spiro atoms. The number of methoxy groups -OCH3 is 1. The van der Waals surface area contributed by atoms with Gasteiger partial charge in [-0.1, -0.05) is 47.0 Å². The van der Waals surface area contributed by atoms with Crippen LogP contribution < -0.4 is 15.4 Å². The summed E-state index contributed by atoms with van der Waals surface area (Å²) in [5, 5.41) is 7.29. The molecule has 0 saturated carbocycles. The van der Waals surface area contributed by atoms with Gasteiger partial charge in [-0.15, -0.1) is 0 Å². The molecular weight excluding hydrogens is 371 g/mol. The Morgan fingerprint density at radius 3 is 2.46 bits per heavy atom. The molecule has 2 rings (SSSR count). The Balaban J connectivity index is 1.95. The zero-order valence-corrected chi connectivity index (χ0v) is 16.9. The monoisotopic (exact) mass is 394 g/mol. The zero-order valence-electron chi connectivity index (χ0n) is 15.4. The minimum Gasteiger partial charge on any atom is -0.496 e. The lowest BCUT2D eigenvalue weighted by Crippen LogP contribution is -2.36. The summed E-state index contributed by atoms with van der Waals surface area (Å²) < 4.78 is 5.41. The molecule has 0 fully saturated rings. The van der Waals surface area contributed by atoms with Gasteiger partial charge in [0.2, 0.25) is 5.91 Å². The summed E-state index contributed by atoms with van der Waals surface area (Å²) in [5.41, 5.74) is 3.00. The Kier molecular flexibility index (Phi) is 7.33. The number of carbonyl (C=O) groups excluding carboxylic acids is 1. The maximum absolute atomic E-state index is 12.3. The molecule has 2 atom stereocenters. The fourth-order valence-corrected chi connectivity index (χ4v) is 3.34. The molecule has 0 bridgehead atoms. The predicted molar refractivity (Wildman–Crippen MR) is 107 cm³/mol. The fraction of sp³-hybridized carbons (Fsp3) is 0.350. The van der Waals surface area contributed by atoms with E-state index in [0.29, 0.717) is 10.0 Å². The van der Waals surface area contributed by atoms with E-state index < -0.39 is 0 Å². The second-order valence-electron chi connectivity index (χ2n) is 6.30. The lowest BCUT2D eigenvalue weighted by atomic mass is 10.0. The average Bonchev–Trinajstić information content (AvgIpc) is 2.59. The molecule has 1 amide bonds. The highest BCUT2D eigenvalue weighted by Crippen LogP contribution is 2.27. The lowest BCUT2D eigenvalue weighted by molar-refractivity contribution is -0.121. The van der Waals surface area contributed by atoms with Gasteiger partial charge < -0.3 is 15.4 Å². The summed E-state index contributed by atoms with van der Waals surface area (Å²) in [4.78, 5) is 12.3. The van der Waals surface area contributed by atoms with Crippen molar-refractivity contribution in [1.29, 1.82) is 0 Å². The second kappa shape index (κ2) is 9.26. The van der Waals surface area contributed by atoms with E-state index in [1.807, 2.05) is 39.0 Å². The van der Waals surface area contributed by atoms with Gasteiger partial charge in [0, 0.05) is 21.7 Å². The van der Waals surface area contributed by atoms with Crippen molar-refractivity contribution in [2.24, 2.45) is 0 Å². The van der Waals surface area contributed by atoms with Gasteiger partial charge in [-0.2, -0.15) is 0 Å². The summed E-state index contributed by atoms with van der Waals surface area (Å²) in [6.45, 7) is 6.11. The van der Waals surface area contributed by atoms with Crippen LogP contribution in [0.5, 0.6) is 5.75 Å². The number of hydrogen-bond donors (Lipinski definition) is 2. The van der Waals surface area contributed by atoms with Crippen LogP contribution in [0.25, 0.3) is 0 Å². The topological polar surface area (TPSA) is 50.4 Å². The molecule has 2 N–H and O–H groups in total. The standard InChI is InChI=1S/C20H24Cl2N2O2/c1-12-5-8-19(26-4)17(9-12)13(2)23-11-20(25)24-14(3)16-7-6-15(21)10-18(16)22/h5-10,13-14,23H,11H2,1-4H3,(H,24,25)/t13-,14-/m0/s1. The maximum atomic E-state index is 12.3. The summed E-state index contributed by atoms with van der Waals surface area (Å²) >= 11 is 12.1. The van der Waals surface area contributed by atoms with Crippen LogP contribution in [0, 0.1) is 6.92 Å². The van der Waals surface area contributed by atoms with E-state index in [9.17, 15) is 4.79 Å². The SMILES string of the molecule is COc1ccc(C)cc1[C@H](C)NCC(=O)N[C@@H](C)c1ccc(Cl)cc1Cl. The highest BCUT2D eigenvalue weighted by molar-refractivity contribution is 6.35. The molecule has 4 nitrogen and oxygen atoms in total. The largest absolute Gasteiger partial charge is 0.496 e. The highest BCUT2D eigenvalue weighted by atomic mass is 35.5. The molecule has 0 saturated heterocycles. The number of nitrogens with one attached hydrogen (secondary N) is 2. The van der Waals surface area contributed by atoms with E-state index in [1.165, 1.54) is 0 Å². The summed E-state index contributed by atoms with van der Waals surface area (Å²) in [7, 11) is 1.64. The van der Waals surface area contributed by atoms with Crippen LogP contribution >= 0.6 is 23.2 Å². The molecule has 0 heterocycles. The van der Waals surface area contributed by atoms with Crippen LogP contribution in [-0.2, 0) is 4.79 Å². The molecule has 6 heteroatoms. The van der Waals surface area contributed by atoms with Gasteiger partial charge >= 0.3 is 0 Å². The minimum atomic E-state index is -0.210. The van der Waals surface area contributed by atoms with Crippen molar-refractivity contribution < 1.29 is 9.53 Å². The number of carbonyl (C=O) groups is 1. The van der Waals surface area contributed by atoms with Gasteiger partial charge in [-0.05, 0) is 44.5 Å². The predicted octanol–water partition coefficient (Wildman–Crippen LogP) is 4.84. The molecule has 0 unspecified atom stereocenters. The smallest absolute Gasteiger partial charge is 0.234 e. The first-order valence-electron chi connectivity index (χ1n) is 8.44. The van der Waals surface area contributed by atoms with Crippen molar-refractivity contribution in [3.8, 4) is 5.75 Å². The molecule has 26 heavy (non-hydrogen) atoms. The fourth-order valence-electron chi connectivity index (χ4n) is 2.77. The van der Waals surface area contributed by atoms with Crippen LogP contribution in [0.15, 0.2) is 36.4 Å². The van der Waals surface area contributed by atoms with Crippen LogP contribution in [0.1, 0.15) is 42.6 Å². The van der Waals surface area contributed by atoms with Gasteiger partial charge in [0.15, 0.2) is 0 Å². The molecule has 0 aliphatic carbocycles. The van der Waals surface area contributed by atoms with Crippen molar-refractivity contribution in [2.45, 2.75) is 32.9 Å². The maximum Gasteiger partial charge on any atom is 0.234 e. The van der Waals surface area contributed by atoms with Gasteiger partial charge in [0.05, 0.1) is 19.7 Å². The number of rotatable bonds is 7. The van der Waals surface area contributed by atoms with Gasteiger partial charge in [-0.25, -0.2) is 0 Å². The number of hydrogen-bond acceptors (Lipinski definition) is 3. The van der Waals surface area contributed by atoms with Crippen molar-refractivity contribution in [3.63, 3.8) is 0 Å². The number of amides is 1. The highest BCUT2D eigenvalue weighted by Gasteiger charge is 2.16. The number of aryl methyl sites for hydroxylation is 1. The third-order valence-corrected chi connectivity index (χ3v) is 4.79. The van der Waals surface area contributed by atoms with E-state index >= 15 is 0 Å². The van der Waals surface area contributed by atoms with Gasteiger partial charge in [0.25, 0.3) is 0 Å². The molecule has 140 valence electrons. The first-order valence-corrected chi connectivity index (χ1v) is 9.19. The Hall–Kier alpha value is -1.75. The normalized spacial score (nSPS) is 13.2. The Bertz CT molecular complexity index is 780. The molecular formula is C20H24Cl2N2O2. The van der Waals surface area contributed by atoms with E-state index in [2.05, 4.69) is 16.7 Å². The van der Waals surface area contributed by atoms with E-state index in [0.717, 1.165) is 22.4 Å². The first-order chi connectivity index (χ1) is 12.3. The summed E-state index contributed by atoms with van der Waals surface area (Å²) in [5.74, 6) is 0.694. The Labute approximate surface area is 164 Å². The third-order valence-electron chi connectivity index (χ3n) is 4.23. The summed E-state index contributed by atoms with van der Waals surface area (Å²) in [6, 6.07) is 11.0. The molecule has 2 aromatic rings. The molecule has 0 aromatic heterocycles. The average molecular weight is 395 g/mol. The number of halogens is 2. The zero-order chi connectivity index (χ0) is 19.3. The van der Waals surface area contributed by atoms with Gasteiger partial charge in [0.1, 0.15) is 5.75 Å². The quantitative estimate of drug-likeness (QED) is 0.706. The Morgan fingerprint density at radius 1 is 1.08 bits per heavy atom. The van der Waals surface area contributed by atoms with E-state index in [4.69, 9.17) is 27.9 Å². The molecule has 2 aromatic carbocycles. The number of ether oxygens (including phenoxy) is 1. The third kappa shape index (κ3) is 5.37. The minimum absolute atomic E-state index is 0.0231. The number of benzene rings is 2.